The number of rotatable bonds is 3. The molecular weight excluding hydrogens is 236 g/mol. The zero-order chi connectivity index (χ0) is 13.1. The second-order valence-corrected chi connectivity index (χ2v) is 4.77. The van der Waals surface area contributed by atoms with E-state index in [1.165, 1.54) is 7.11 Å². The summed E-state index contributed by atoms with van der Waals surface area (Å²) in [5.74, 6) is -0.500. The third-order valence-electron chi connectivity index (χ3n) is 3.57. The summed E-state index contributed by atoms with van der Waals surface area (Å²) in [7, 11) is 1.36. The van der Waals surface area contributed by atoms with E-state index in [-0.39, 0.29) is 30.2 Å². The Morgan fingerprint density at radius 1 is 1.39 bits per heavy atom. The Kier molecular flexibility index (Phi) is 3.84. The van der Waals surface area contributed by atoms with Crippen molar-refractivity contribution in [1.82, 2.24) is 9.80 Å². The van der Waals surface area contributed by atoms with Crippen LogP contribution in [0, 0.1) is 5.92 Å². The highest BCUT2D eigenvalue weighted by Gasteiger charge is 2.33. The molecule has 0 bridgehead atoms. The van der Waals surface area contributed by atoms with E-state index in [4.69, 9.17) is 0 Å². The number of ether oxygens (including phenoxy) is 1. The van der Waals surface area contributed by atoms with Crippen LogP contribution >= 0.6 is 0 Å². The minimum atomic E-state index is -0.262. The van der Waals surface area contributed by atoms with Crippen molar-refractivity contribution in [2.45, 2.75) is 19.3 Å². The predicted octanol–water partition coefficient (Wildman–Crippen LogP) is -0.370. The largest absolute Gasteiger partial charge is 0.469 e. The van der Waals surface area contributed by atoms with E-state index in [1.54, 1.807) is 9.80 Å². The number of likely N-dealkylation sites (tertiary alicyclic amines) is 2. The molecule has 2 aliphatic heterocycles. The normalized spacial score (nSPS) is 23.6. The lowest BCUT2D eigenvalue weighted by Gasteiger charge is -2.20. The molecule has 0 aromatic heterocycles. The van der Waals surface area contributed by atoms with Crippen molar-refractivity contribution in [2.75, 3.05) is 33.3 Å². The molecule has 0 N–H and O–H groups in total. The number of hydrogen-bond donors (Lipinski definition) is 0. The SMILES string of the molecule is COC(=O)C1CCN(C(=O)CN2CCCC2=O)C1. The molecule has 0 radical (unpaired) electrons. The summed E-state index contributed by atoms with van der Waals surface area (Å²) in [6, 6.07) is 0. The van der Waals surface area contributed by atoms with Crippen molar-refractivity contribution in [2.24, 2.45) is 5.92 Å². The first-order valence-electron chi connectivity index (χ1n) is 6.25. The summed E-state index contributed by atoms with van der Waals surface area (Å²) in [6.07, 6.45) is 2.02. The number of amides is 2. The zero-order valence-corrected chi connectivity index (χ0v) is 10.6. The van der Waals surface area contributed by atoms with Gasteiger partial charge >= 0.3 is 5.97 Å². The summed E-state index contributed by atoms with van der Waals surface area (Å²) < 4.78 is 4.67. The molecule has 0 aromatic carbocycles. The van der Waals surface area contributed by atoms with Gasteiger partial charge in [0.25, 0.3) is 0 Å². The number of esters is 1. The molecule has 2 aliphatic rings. The van der Waals surface area contributed by atoms with E-state index >= 15 is 0 Å². The fourth-order valence-corrected chi connectivity index (χ4v) is 2.48. The van der Waals surface area contributed by atoms with E-state index in [0.29, 0.717) is 32.5 Å². The predicted molar refractivity (Wildman–Crippen MR) is 62.5 cm³/mol. The molecule has 18 heavy (non-hydrogen) atoms. The summed E-state index contributed by atoms with van der Waals surface area (Å²) in [5.41, 5.74) is 0. The topological polar surface area (TPSA) is 66.9 Å². The average Bonchev–Trinajstić information content (AvgIpc) is 2.98. The molecule has 2 heterocycles. The van der Waals surface area contributed by atoms with Crippen LogP contribution < -0.4 is 0 Å². The highest BCUT2D eigenvalue weighted by Crippen LogP contribution is 2.18. The van der Waals surface area contributed by atoms with Crippen LogP contribution in [0.1, 0.15) is 19.3 Å². The third kappa shape index (κ3) is 2.63. The van der Waals surface area contributed by atoms with Gasteiger partial charge in [-0.15, -0.1) is 0 Å². The van der Waals surface area contributed by atoms with Gasteiger partial charge in [0, 0.05) is 26.1 Å². The molecule has 100 valence electrons. The van der Waals surface area contributed by atoms with E-state index in [2.05, 4.69) is 4.74 Å². The molecule has 2 saturated heterocycles. The van der Waals surface area contributed by atoms with Crippen molar-refractivity contribution in [3.05, 3.63) is 0 Å². The Morgan fingerprint density at radius 3 is 2.78 bits per heavy atom. The highest BCUT2D eigenvalue weighted by atomic mass is 16.5. The Labute approximate surface area is 106 Å². The Morgan fingerprint density at radius 2 is 2.17 bits per heavy atom. The maximum atomic E-state index is 12.0. The Bertz CT molecular complexity index is 369. The number of nitrogens with zero attached hydrogens (tertiary/aromatic N) is 2. The first-order valence-corrected chi connectivity index (χ1v) is 6.25. The smallest absolute Gasteiger partial charge is 0.310 e. The maximum absolute atomic E-state index is 12.0. The van der Waals surface area contributed by atoms with Crippen LogP contribution in [0.15, 0.2) is 0 Å². The molecule has 6 heteroatoms. The minimum Gasteiger partial charge on any atom is -0.469 e. The van der Waals surface area contributed by atoms with Gasteiger partial charge in [0.1, 0.15) is 0 Å². The van der Waals surface area contributed by atoms with Crippen LogP contribution in [0.3, 0.4) is 0 Å². The van der Waals surface area contributed by atoms with Gasteiger partial charge in [-0.25, -0.2) is 0 Å². The van der Waals surface area contributed by atoms with Crippen molar-refractivity contribution in [3.8, 4) is 0 Å². The fraction of sp³-hybridized carbons (Fsp3) is 0.750. The third-order valence-corrected chi connectivity index (χ3v) is 3.57. The standard InChI is InChI=1S/C12H18N2O4/c1-18-12(17)9-4-6-14(7-9)11(16)8-13-5-2-3-10(13)15/h9H,2-8H2,1H3. The molecular formula is C12H18N2O4. The van der Waals surface area contributed by atoms with Crippen LogP contribution in [-0.2, 0) is 19.1 Å². The van der Waals surface area contributed by atoms with Crippen LogP contribution in [0.2, 0.25) is 0 Å². The molecule has 0 saturated carbocycles. The number of carbonyl (C=O) groups is 3. The molecule has 6 nitrogen and oxygen atoms in total. The number of carbonyl (C=O) groups excluding carboxylic acids is 3. The molecule has 1 unspecified atom stereocenters. The van der Waals surface area contributed by atoms with Crippen molar-refractivity contribution in [3.63, 3.8) is 0 Å². The Hall–Kier alpha value is -1.59. The summed E-state index contributed by atoms with van der Waals surface area (Å²) in [4.78, 5) is 38.0. The molecule has 2 fully saturated rings. The van der Waals surface area contributed by atoms with Crippen molar-refractivity contribution < 1.29 is 19.1 Å². The van der Waals surface area contributed by atoms with E-state index in [9.17, 15) is 14.4 Å². The Balaban J connectivity index is 1.84. The van der Waals surface area contributed by atoms with Gasteiger partial charge in [-0.2, -0.15) is 0 Å². The summed E-state index contributed by atoms with van der Waals surface area (Å²) in [6.45, 7) is 1.79. The average molecular weight is 254 g/mol. The van der Waals surface area contributed by atoms with Crippen LogP contribution in [0.4, 0.5) is 0 Å². The molecule has 0 aromatic rings. The quantitative estimate of drug-likeness (QED) is 0.644. The van der Waals surface area contributed by atoms with E-state index < -0.39 is 0 Å². The molecule has 0 aliphatic carbocycles. The van der Waals surface area contributed by atoms with Crippen LogP contribution in [0.25, 0.3) is 0 Å². The fourth-order valence-electron chi connectivity index (χ4n) is 2.48. The van der Waals surface area contributed by atoms with Gasteiger partial charge in [-0.3, -0.25) is 14.4 Å². The van der Waals surface area contributed by atoms with Crippen LogP contribution in [-0.4, -0.2) is 60.9 Å². The highest BCUT2D eigenvalue weighted by molar-refractivity contribution is 5.86. The monoisotopic (exact) mass is 254 g/mol. The van der Waals surface area contributed by atoms with E-state index in [1.807, 2.05) is 0 Å². The zero-order valence-electron chi connectivity index (χ0n) is 10.6. The van der Waals surface area contributed by atoms with Gasteiger partial charge in [0.2, 0.25) is 11.8 Å². The van der Waals surface area contributed by atoms with Crippen molar-refractivity contribution in [1.29, 1.82) is 0 Å². The lowest BCUT2D eigenvalue weighted by Crippen LogP contribution is -2.40. The van der Waals surface area contributed by atoms with Gasteiger partial charge in [0.15, 0.2) is 0 Å². The number of hydrogen-bond acceptors (Lipinski definition) is 4. The molecule has 2 rings (SSSR count). The summed E-state index contributed by atoms with van der Waals surface area (Å²) >= 11 is 0. The second kappa shape index (κ2) is 5.37. The van der Waals surface area contributed by atoms with Gasteiger partial charge in [-0.05, 0) is 12.8 Å². The van der Waals surface area contributed by atoms with Gasteiger partial charge in [-0.1, -0.05) is 0 Å². The summed E-state index contributed by atoms with van der Waals surface area (Å²) in [5, 5.41) is 0. The van der Waals surface area contributed by atoms with E-state index in [0.717, 1.165) is 6.42 Å². The second-order valence-electron chi connectivity index (χ2n) is 4.77. The molecule has 1 atom stereocenters. The lowest BCUT2D eigenvalue weighted by atomic mass is 10.1. The molecule has 0 spiro atoms. The van der Waals surface area contributed by atoms with Crippen molar-refractivity contribution >= 4 is 17.8 Å². The maximum Gasteiger partial charge on any atom is 0.310 e. The molecule has 2 amide bonds. The minimum absolute atomic E-state index is 0.0482. The number of methoxy groups -OCH3 is 1. The first kappa shape index (κ1) is 12.9. The lowest BCUT2D eigenvalue weighted by molar-refractivity contribution is -0.145. The van der Waals surface area contributed by atoms with Gasteiger partial charge < -0.3 is 14.5 Å². The van der Waals surface area contributed by atoms with Crippen LogP contribution in [0.5, 0.6) is 0 Å². The van der Waals surface area contributed by atoms with Gasteiger partial charge in [0.05, 0.1) is 19.6 Å². The first-order chi connectivity index (χ1) is 8.61.